The van der Waals surface area contributed by atoms with Crippen LogP contribution < -0.4 is 5.32 Å². The third-order valence-corrected chi connectivity index (χ3v) is 2.01. The van der Waals surface area contributed by atoms with E-state index < -0.39 is 5.97 Å². The van der Waals surface area contributed by atoms with Crippen LogP contribution in [0.3, 0.4) is 0 Å². The minimum atomic E-state index is -0.731. The lowest BCUT2D eigenvalue weighted by Crippen LogP contribution is -2.33. The summed E-state index contributed by atoms with van der Waals surface area (Å²) in [5.41, 5.74) is 0. The summed E-state index contributed by atoms with van der Waals surface area (Å²) in [6, 6.07) is 0.360. The molecule has 0 bridgehead atoms. The highest BCUT2D eigenvalue weighted by molar-refractivity contribution is 5.66. The molecule has 2 N–H and O–H groups in total. The summed E-state index contributed by atoms with van der Waals surface area (Å²) in [5, 5.41) is 11.7. The Balaban J connectivity index is 3.44. The number of hydrogen-bond acceptors (Lipinski definition) is 3. The first-order chi connectivity index (χ1) is 6.70. The summed E-state index contributed by atoms with van der Waals surface area (Å²) in [6.07, 6.45) is 3.10. The van der Waals surface area contributed by atoms with Gasteiger partial charge in [-0.05, 0) is 19.4 Å². The highest BCUT2D eigenvalue weighted by atomic mass is 16.5. The average Bonchev–Trinajstić information content (AvgIpc) is 2.12. The van der Waals surface area contributed by atoms with Crippen molar-refractivity contribution in [1.82, 2.24) is 5.32 Å². The van der Waals surface area contributed by atoms with Gasteiger partial charge in [-0.3, -0.25) is 4.79 Å². The first kappa shape index (κ1) is 13.4. The maximum absolute atomic E-state index is 10.2. The molecule has 1 atom stereocenters. The molecule has 0 saturated heterocycles. The molecule has 0 aliphatic heterocycles. The first-order valence-electron chi connectivity index (χ1n) is 5.14. The van der Waals surface area contributed by atoms with Crippen LogP contribution in [0.2, 0.25) is 0 Å². The zero-order chi connectivity index (χ0) is 10.8. The van der Waals surface area contributed by atoms with Crippen molar-refractivity contribution in [2.75, 3.05) is 20.3 Å². The molecule has 1 unspecified atom stereocenters. The molecule has 0 rings (SSSR count). The molecule has 0 spiro atoms. The second-order valence-corrected chi connectivity index (χ2v) is 3.39. The monoisotopic (exact) mass is 203 g/mol. The fourth-order valence-electron chi connectivity index (χ4n) is 1.34. The second-order valence-electron chi connectivity index (χ2n) is 3.39. The standard InChI is InChI=1S/C10H21NO3/c1-3-5-9(8-14-2)11-7-4-6-10(12)13/h9,11H,3-8H2,1-2H3,(H,12,13). The number of carboxylic acids is 1. The summed E-state index contributed by atoms with van der Waals surface area (Å²) in [7, 11) is 1.68. The van der Waals surface area contributed by atoms with E-state index >= 15 is 0 Å². The van der Waals surface area contributed by atoms with Crippen LogP contribution in [-0.2, 0) is 9.53 Å². The van der Waals surface area contributed by atoms with Crippen molar-refractivity contribution < 1.29 is 14.6 Å². The molecule has 0 amide bonds. The Kier molecular flexibility index (Phi) is 8.57. The molecule has 0 heterocycles. The van der Waals surface area contributed by atoms with Gasteiger partial charge in [0.25, 0.3) is 0 Å². The van der Waals surface area contributed by atoms with E-state index in [9.17, 15) is 4.79 Å². The van der Waals surface area contributed by atoms with E-state index in [0.29, 0.717) is 19.1 Å². The Labute approximate surface area is 85.6 Å². The number of hydrogen-bond donors (Lipinski definition) is 2. The summed E-state index contributed by atoms with van der Waals surface area (Å²) in [5.74, 6) is -0.731. The van der Waals surface area contributed by atoms with Gasteiger partial charge in [0.15, 0.2) is 0 Å². The van der Waals surface area contributed by atoms with Crippen LogP contribution in [0.1, 0.15) is 32.6 Å². The van der Waals surface area contributed by atoms with Crippen LogP contribution in [0, 0.1) is 0 Å². The Hall–Kier alpha value is -0.610. The number of carbonyl (C=O) groups is 1. The lowest BCUT2D eigenvalue weighted by atomic mass is 10.1. The minimum absolute atomic E-state index is 0.235. The first-order valence-corrected chi connectivity index (χ1v) is 5.14. The van der Waals surface area contributed by atoms with Gasteiger partial charge in [0.1, 0.15) is 0 Å². The summed E-state index contributed by atoms with van der Waals surface area (Å²) in [4.78, 5) is 10.2. The molecule has 0 fully saturated rings. The molecule has 4 nitrogen and oxygen atoms in total. The van der Waals surface area contributed by atoms with Crippen LogP contribution in [0.25, 0.3) is 0 Å². The van der Waals surface area contributed by atoms with Crippen molar-refractivity contribution in [3.8, 4) is 0 Å². The van der Waals surface area contributed by atoms with E-state index in [0.717, 1.165) is 19.4 Å². The van der Waals surface area contributed by atoms with Gasteiger partial charge in [-0.2, -0.15) is 0 Å². The summed E-state index contributed by atoms with van der Waals surface area (Å²) in [6.45, 7) is 3.57. The molecule has 0 aromatic heterocycles. The van der Waals surface area contributed by atoms with Crippen molar-refractivity contribution in [1.29, 1.82) is 0 Å². The Morgan fingerprint density at radius 2 is 2.29 bits per heavy atom. The van der Waals surface area contributed by atoms with Crippen LogP contribution in [0.4, 0.5) is 0 Å². The van der Waals surface area contributed by atoms with Gasteiger partial charge >= 0.3 is 5.97 Å². The maximum Gasteiger partial charge on any atom is 0.303 e. The fourth-order valence-corrected chi connectivity index (χ4v) is 1.34. The Morgan fingerprint density at radius 1 is 1.57 bits per heavy atom. The van der Waals surface area contributed by atoms with Crippen molar-refractivity contribution in [2.45, 2.75) is 38.6 Å². The predicted octanol–water partition coefficient (Wildman–Crippen LogP) is 1.26. The van der Waals surface area contributed by atoms with Gasteiger partial charge in [0.2, 0.25) is 0 Å². The molecular weight excluding hydrogens is 182 g/mol. The third kappa shape index (κ3) is 8.01. The highest BCUT2D eigenvalue weighted by Gasteiger charge is 2.05. The Bertz CT molecular complexity index is 144. The van der Waals surface area contributed by atoms with Crippen molar-refractivity contribution in [3.05, 3.63) is 0 Å². The zero-order valence-corrected chi connectivity index (χ0v) is 9.08. The van der Waals surface area contributed by atoms with E-state index in [4.69, 9.17) is 9.84 Å². The van der Waals surface area contributed by atoms with Crippen molar-refractivity contribution in [2.24, 2.45) is 0 Å². The highest BCUT2D eigenvalue weighted by Crippen LogP contribution is 1.97. The van der Waals surface area contributed by atoms with E-state index in [1.54, 1.807) is 7.11 Å². The maximum atomic E-state index is 10.2. The quantitative estimate of drug-likeness (QED) is 0.554. The van der Waals surface area contributed by atoms with E-state index in [1.165, 1.54) is 0 Å². The third-order valence-electron chi connectivity index (χ3n) is 2.01. The van der Waals surface area contributed by atoms with Crippen LogP contribution in [0.15, 0.2) is 0 Å². The lowest BCUT2D eigenvalue weighted by molar-refractivity contribution is -0.137. The lowest BCUT2D eigenvalue weighted by Gasteiger charge is -2.16. The number of methoxy groups -OCH3 is 1. The van der Waals surface area contributed by atoms with Gasteiger partial charge < -0.3 is 15.2 Å². The van der Waals surface area contributed by atoms with Crippen LogP contribution in [-0.4, -0.2) is 37.4 Å². The smallest absolute Gasteiger partial charge is 0.303 e. The van der Waals surface area contributed by atoms with Crippen LogP contribution in [0.5, 0.6) is 0 Å². The summed E-state index contributed by atoms with van der Waals surface area (Å²) < 4.78 is 5.06. The fraction of sp³-hybridized carbons (Fsp3) is 0.900. The molecule has 14 heavy (non-hydrogen) atoms. The van der Waals surface area contributed by atoms with Gasteiger partial charge in [0.05, 0.1) is 6.61 Å². The Morgan fingerprint density at radius 3 is 2.79 bits per heavy atom. The molecule has 0 aliphatic rings. The molecular formula is C10H21NO3. The topological polar surface area (TPSA) is 58.6 Å². The minimum Gasteiger partial charge on any atom is -0.481 e. The molecule has 0 aromatic carbocycles. The number of nitrogens with one attached hydrogen (secondary N) is 1. The van der Waals surface area contributed by atoms with E-state index in [1.807, 2.05) is 0 Å². The average molecular weight is 203 g/mol. The van der Waals surface area contributed by atoms with E-state index in [-0.39, 0.29) is 6.42 Å². The number of ether oxygens (including phenoxy) is 1. The SMILES string of the molecule is CCCC(COC)NCCCC(=O)O. The molecule has 0 aromatic rings. The van der Waals surface area contributed by atoms with Gasteiger partial charge in [-0.15, -0.1) is 0 Å². The number of aliphatic carboxylic acids is 1. The summed E-state index contributed by atoms with van der Waals surface area (Å²) >= 11 is 0. The normalized spacial score (nSPS) is 12.7. The number of carboxylic acid groups (broad SMARTS) is 1. The largest absolute Gasteiger partial charge is 0.481 e. The van der Waals surface area contributed by atoms with Gasteiger partial charge in [0, 0.05) is 19.6 Å². The second kappa shape index (κ2) is 8.97. The van der Waals surface area contributed by atoms with Gasteiger partial charge in [-0.1, -0.05) is 13.3 Å². The van der Waals surface area contributed by atoms with Crippen molar-refractivity contribution >= 4 is 5.97 Å². The van der Waals surface area contributed by atoms with Gasteiger partial charge in [-0.25, -0.2) is 0 Å². The molecule has 84 valence electrons. The predicted molar refractivity (Wildman–Crippen MR) is 55.4 cm³/mol. The van der Waals surface area contributed by atoms with Crippen LogP contribution >= 0.6 is 0 Å². The molecule has 4 heteroatoms. The molecule has 0 aliphatic carbocycles. The zero-order valence-electron chi connectivity index (χ0n) is 9.08. The van der Waals surface area contributed by atoms with Crippen molar-refractivity contribution in [3.63, 3.8) is 0 Å². The molecule has 0 radical (unpaired) electrons. The molecule has 0 saturated carbocycles. The number of rotatable bonds is 9. The van der Waals surface area contributed by atoms with E-state index in [2.05, 4.69) is 12.2 Å².